The highest BCUT2D eigenvalue weighted by Crippen LogP contribution is 2.39. The second-order valence-corrected chi connectivity index (χ2v) is 7.18. The van der Waals surface area contributed by atoms with Gasteiger partial charge >= 0.3 is 0 Å². The molecule has 0 spiro atoms. The Morgan fingerprint density at radius 3 is 1.81 bits per heavy atom. The molecule has 0 radical (unpaired) electrons. The Kier molecular flexibility index (Phi) is 3.92. The zero-order valence-electron chi connectivity index (χ0n) is 14.7. The number of halogens is 1. The van der Waals surface area contributed by atoms with Crippen LogP contribution in [0.5, 0.6) is 0 Å². The van der Waals surface area contributed by atoms with E-state index >= 15 is 0 Å². The number of hydrogen-bond donors (Lipinski definition) is 0. The molecule has 27 heavy (non-hydrogen) atoms. The highest BCUT2D eigenvalue weighted by Gasteiger charge is 2.12. The van der Waals surface area contributed by atoms with Crippen molar-refractivity contribution in [3.05, 3.63) is 108 Å². The molecule has 128 valence electrons. The average Bonchev–Trinajstić information content (AvgIpc) is 2.73. The van der Waals surface area contributed by atoms with E-state index in [1.54, 1.807) is 0 Å². The van der Waals surface area contributed by atoms with Crippen molar-refractivity contribution in [2.24, 2.45) is 0 Å². The topological polar surface area (TPSA) is 0 Å². The molecule has 0 aliphatic carbocycles. The van der Waals surface area contributed by atoms with E-state index in [1.165, 1.54) is 43.8 Å². The van der Waals surface area contributed by atoms with Crippen molar-refractivity contribution in [2.75, 3.05) is 0 Å². The lowest BCUT2D eigenvalue weighted by atomic mass is 9.89. The number of rotatable bonds is 2. The molecule has 0 N–H and O–H groups in total. The van der Waals surface area contributed by atoms with Crippen LogP contribution in [-0.2, 0) is 0 Å². The maximum atomic E-state index is 6.11. The van der Waals surface area contributed by atoms with E-state index in [2.05, 4.69) is 91.0 Å². The van der Waals surface area contributed by atoms with Crippen molar-refractivity contribution in [3.8, 4) is 22.3 Å². The molecule has 5 aromatic carbocycles. The molecule has 0 aromatic heterocycles. The molecule has 0 saturated carbocycles. The van der Waals surface area contributed by atoms with Gasteiger partial charge in [0.15, 0.2) is 0 Å². The van der Waals surface area contributed by atoms with Gasteiger partial charge in [-0.1, -0.05) is 103 Å². The normalized spacial score (nSPS) is 11.1. The van der Waals surface area contributed by atoms with E-state index in [4.69, 9.17) is 11.6 Å². The fourth-order valence-electron chi connectivity index (χ4n) is 3.90. The van der Waals surface area contributed by atoms with Gasteiger partial charge in [-0.3, -0.25) is 0 Å². The predicted octanol–water partition coefficient (Wildman–Crippen LogP) is 7.98. The van der Waals surface area contributed by atoms with Crippen molar-refractivity contribution in [1.82, 2.24) is 0 Å². The minimum absolute atomic E-state index is 0.758. The van der Waals surface area contributed by atoms with Gasteiger partial charge in [0.25, 0.3) is 0 Å². The van der Waals surface area contributed by atoms with Crippen LogP contribution < -0.4 is 0 Å². The second-order valence-electron chi connectivity index (χ2n) is 6.74. The van der Waals surface area contributed by atoms with Crippen LogP contribution in [0.1, 0.15) is 0 Å². The monoisotopic (exact) mass is 364 g/mol. The molecule has 5 aromatic rings. The van der Waals surface area contributed by atoms with Gasteiger partial charge in [0.1, 0.15) is 0 Å². The van der Waals surface area contributed by atoms with E-state index in [-0.39, 0.29) is 0 Å². The number of benzene rings is 5. The quantitative estimate of drug-likeness (QED) is 0.298. The van der Waals surface area contributed by atoms with Gasteiger partial charge in [-0.15, -0.1) is 0 Å². The second kappa shape index (κ2) is 6.57. The van der Waals surface area contributed by atoms with Crippen LogP contribution in [0.15, 0.2) is 103 Å². The maximum absolute atomic E-state index is 6.11. The van der Waals surface area contributed by atoms with Crippen molar-refractivity contribution in [2.45, 2.75) is 0 Å². The highest BCUT2D eigenvalue weighted by molar-refractivity contribution is 6.30. The van der Waals surface area contributed by atoms with Crippen LogP contribution in [0.4, 0.5) is 0 Å². The zero-order chi connectivity index (χ0) is 18.2. The molecule has 0 heterocycles. The Morgan fingerprint density at radius 2 is 1.04 bits per heavy atom. The van der Waals surface area contributed by atoms with Gasteiger partial charge in [-0.2, -0.15) is 0 Å². The summed E-state index contributed by atoms with van der Waals surface area (Å²) in [5.41, 5.74) is 4.93. The minimum Gasteiger partial charge on any atom is -0.0843 e. The van der Waals surface area contributed by atoms with Gasteiger partial charge in [-0.25, -0.2) is 0 Å². The number of hydrogen-bond acceptors (Lipinski definition) is 0. The zero-order valence-corrected chi connectivity index (χ0v) is 15.4. The Bertz CT molecular complexity index is 1260. The van der Waals surface area contributed by atoms with Crippen molar-refractivity contribution in [1.29, 1.82) is 0 Å². The van der Waals surface area contributed by atoms with E-state index in [1.807, 2.05) is 12.1 Å². The predicted molar refractivity (Wildman–Crippen MR) is 117 cm³/mol. The van der Waals surface area contributed by atoms with Gasteiger partial charge in [0.05, 0.1) is 0 Å². The highest BCUT2D eigenvalue weighted by atomic mass is 35.5. The fraction of sp³-hybridized carbons (Fsp3) is 0. The third-order valence-corrected chi connectivity index (χ3v) is 5.39. The summed E-state index contributed by atoms with van der Waals surface area (Å²) in [6, 6.07) is 36.3. The molecule has 0 saturated heterocycles. The van der Waals surface area contributed by atoms with Crippen LogP contribution in [0.2, 0.25) is 5.02 Å². The Morgan fingerprint density at radius 1 is 0.444 bits per heavy atom. The van der Waals surface area contributed by atoms with Crippen molar-refractivity contribution >= 4 is 33.1 Å². The van der Waals surface area contributed by atoms with Gasteiger partial charge < -0.3 is 0 Å². The molecular formula is C26H17Cl. The Labute approximate surface area is 163 Å². The summed E-state index contributed by atoms with van der Waals surface area (Å²) in [7, 11) is 0. The Balaban J connectivity index is 1.87. The van der Waals surface area contributed by atoms with E-state index in [0.29, 0.717) is 0 Å². The molecule has 0 bridgehead atoms. The summed E-state index contributed by atoms with van der Waals surface area (Å²) in [6.07, 6.45) is 0. The molecule has 0 aliphatic heterocycles. The van der Waals surface area contributed by atoms with Gasteiger partial charge in [0.2, 0.25) is 0 Å². The molecule has 0 atom stereocenters. The van der Waals surface area contributed by atoms with E-state index in [9.17, 15) is 0 Å². The molecule has 5 rings (SSSR count). The molecule has 1 heteroatoms. The third-order valence-electron chi connectivity index (χ3n) is 5.14. The molecule has 0 unspecified atom stereocenters. The first-order valence-electron chi connectivity index (χ1n) is 9.07. The molecule has 0 fully saturated rings. The summed E-state index contributed by atoms with van der Waals surface area (Å²) >= 11 is 6.11. The molecule has 0 amide bonds. The fourth-order valence-corrected chi connectivity index (χ4v) is 4.02. The van der Waals surface area contributed by atoms with Crippen LogP contribution in [0.3, 0.4) is 0 Å². The molecular weight excluding hydrogens is 348 g/mol. The first-order chi connectivity index (χ1) is 13.3. The maximum Gasteiger partial charge on any atom is 0.0406 e. The smallest absolute Gasteiger partial charge is 0.0406 e. The average molecular weight is 365 g/mol. The summed E-state index contributed by atoms with van der Waals surface area (Å²) < 4.78 is 0. The van der Waals surface area contributed by atoms with Crippen LogP contribution in [0.25, 0.3) is 43.8 Å². The van der Waals surface area contributed by atoms with Gasteiger partial charge in [-0.05, 0) is 55.9 Å². The van der Waals surface area contributed by atoms with Gasteiger partial charge in [0, 0.05) is 5.02 Å². The SMILES string of the molecule is Clc1ccc(-c2cccc3cccc(-c4cccc5ccccc45)c23)cc1. The Hall–Kier alpha value is -3.09. The summed E-state index contributed by atoms with van der Waals surface area (Å²) in [4.78, 5) is 0. The van der Waals surface area contributed by atoms with E-state index < -0.39 is 0 Å². The van der Waals surface area contributed by atoms with Crippen molar-refractivity contribution in [3.63, 3.8) is 0 Å². The van der Waals surface area contributed by atoms with E-state index in [0.717, 1.165) is 5.02 Å². The van der Waals surface area contributed by atoms with Crippen molar-refractivity contribution < 1.29 is 0 Å². The first-order valence-corrected chi connectivity index (χ1v) is 9.45. The largest absolute Gasteiger partial charge is 0.0843 e. The summed E-state index contributed by atoms with van der Waals surface area (Å²) in [6.45, 7) is 0. The molecule has 0 nitrogen and oxygen atoms in total. The van der Waals surface area contributed by atoms with Crippen LogP contribution in [0, 0.1) is 0 Å². The first kappa shape index (κ1) is 16.1. The minimum atomic E-state index is 0.758. The lowest BCUT2D eigenvalue weighted by molar-refractivity contribution is 1.64. The van der Waals surface area contributed by atoms with Crippen LogP contribution >= 0.6 is 11.6 Å². The molecule has 0 aliphatic rings. The lowest BCUT2D eigenvalue weighted by Gasteiger charge is -2.14. The summed E-state index contributed by atoms with van der Waals surface area (Å²) in [5.74, 6) is 0. The summed E-state index contributed by atoms with van der Waals surface area (Å²) in [5, 5.41) is 5.81. The lowest BCUT2D eigenvalue weighted by Crippen LogP contribution is -1.87. The standard InChI is InChI=1S/C26H17Cl/c27-21-16-14-19(15-17-21)23-11-4-8-20-9-5-13-25(26(20)23)24-12-3-7-18-6-1-2-10-22(18)24/h1-17H. The van der Waals surface area contributed by atoms with Crippen LogP contribution in [-0.4, -0.2) is 0 Å². The third kappa shape index (κ3) is 2.79. The number of fused-ring (bicyclic) bond motifs is 2.